The van der Waals surface area contributed by atoms with Crippen LogP contribution < -0.4 is 5.32 Å². The van der Waals surface area contributed by atoms with Crippen LogP contribution in [0.3, 0.4) is 0 Å². The molecule has 2 unspecified atom stereocenters. The number of nitrogens with one attached hydrogen (secondary N) is 1. The summed E-state index contributed by atoms with van der Waals surface area (Å²) in [5.74, 6) is 2.73. The summed E-state index contributed by atoms with van der Waals surface area (Å²) < 4.78 is 5.73. The van der Waals surface area contributed by atoms with Crippen LogP contribution in [0.25, 0.3) is 0 Å². The first-order valence-electron chi connectivity index (χ1n) is 5.99. The summed E-state index contributed by atoms with van der Waals surface area (Å²) in [6.07, 6.45) is 3.76. The lowest BCUT2D eigenvalue weighted by atomic mass is 10.2. The van der Waals surface area contributed by atoms with Crippen molar-refractivity contribution in [2.45, 2.75) is 44.4 Å². The van der Waals surface area contributed by atoms with Crippen LogP contribution in [0.5, 0.6) is 0 Å². The maximum absolute atomic E-state index is 5.73. The Hall–Kier alpha value is -0.550. The van der Waals surface area contributed by atoms with Crippen LogP contribution in [0.4, 0.5) is 0 Å². The van der Waals surface area contributed by atoms with Gasteiger partial charge in [-0.25, -0.2) is 0 Å². The smallest absolute Gasteiger partial charge is 0.233 e. The van der Waals surface area contributed by atoms with Crippen LogP contribution in [0.1, 0.15) is 56.2 Å². The Labute approximate surface area is 101 Å². The highest BCUT2D eigenvalue weighted by molar-refractivity contribution is 7.99. The Morgan fingerprint density at radius 2 is 2.38 bits per heavy atom. The van der Waals surface area contributed by atoms with Gasteiger partial charge in [0.2, 0.25) is 11.8 Å². The van der Waals surface area contributed by atoms with Gasteiger partial charge in [-0.15, -0.1) is 22.0 Å². The van der Waals surface area contributed by atoms with Crippen LogP contribution in [-0.2, 0) is 0 Å². The van der Waals surface area contributed by atoms with Crippen molar-refractivity contribution in [3.8, 4) is 0 Å². The minimum atomic E-state index is 0.153. The fourth-order valence-corrected chi connectivity index (χ4v) is 3.11. The lowest BCUT2D eigenvalue weighted by Gasteiger charge is -2.17. The van der Waals surface area contributed by atoms with Gasteiger partial charge in [-0.3, -0.25) is 0 Å². The molecule has 0 aliphatic carbocycles. The highest BCUT2D eigenvalue weighted by Gasteiger charge is 2.23. The molecule has 2 rings (SSSR count). The second kappa shape index (κ2) is 5.68. The largest absolute Gasteiger partial charge is 0.422 e. The average molecular weight is 241 g/mol. The molecule has 0 spiro atoms. The number of aromatic nitrogens is 2. The zero-order chi connectivity index (χ0) is 11.4. The van der Waals surface area contributed by atoms with E-state index in [0.29, 0.717) is 11.1 Å². The van der Waals surface area contributed by atoms with E-state index < -0.39 is 0 Å². The van der Waals surface area contributed by atoms with E-state index in [1.807, 2.05) is 11.8 Å². The molecule has 1 aromatic heterocycles. The van der Waals surface area contributed by atoms with Gasteiger partial charge in [0.1, 0.15) is 0 Å². The molecule has 1 saturated heterocycles. The van der Waals surface area contributed by atoms with Crippen molar-refractivity contribution >= 4 is 11.8 Å². The minimum absolute atomic E-state index is 0.153. The van der Waals surface area contributed by atoms with E-state index in [1.165, 1.54) is 25.0 Å². The quantitative estimate of drug-likeness (QED) is 0.878. The summed E-state index contributed by atoms with van der Waals surface area (Å²) in [6.45, 7) is 5.04. The second-order valence-corrected chi connectivity index (χ2v) is 5.42. The SMILES string of the molecule is CCNC(C)c1nnc(C2CCCCS2)o1. The van der Waals surface area contributed by atoms with Crippen LogP contribution in [-0.4, -0.2) is 22.5 Å². The lowest BCUT2D eigenvalue weighted by molar-refractivity contribution is 0.390. The Morgan fingerprint density at radius 3 is 3.06 bits per heavy atom. The Morgan fingerprint density at radius 1 is 1.50 bits per heavy atom. The standard InChI is InChI=1S/C11H19N3OS/c1-3-12-8(2)10-13-14-11(15-10)9-6-4-5-7-16-9/h8-9,12H,3-7H2,1-2H3. The van der Waals surface area contributed by atoms with Crippen molar-refractivity contribution in [2.24, 2.45) is 0 Å². The number of hydrogen-bond donors (Lipinski definition) is 1. The summed E-state index contributed by atoms with van der Waals surface area (Å²) in [6, 6.07) is 0.153. The monoisotopic (exact) mass is 241 g/mol. The number of rotatable bonds is 4. The molecule has 90 valence electrons. The molecule has 4 nitrogen and oxygen atoms in total. The molecule has 0 bridgehead atoms. The third kappa shape index (κ3) is 2.77. The van der Waals surface area contributed by atoms with Crippen molar-refractivity contribution in [3.05, 3.63) is 11.8 Å². The van der Waals surface area contributed by atoms with E-state index in [9.17, 15) is 0 Å². The minimum Gasteiger partial charge on any atom is -0.422 e. The highest BCUT2D eigenvalue weighted by Crippen LogP contribution is 2.37. The zero-order valence-electron chi connectivity index (χ0n) is 9.90. The Kier molecular flexibility index (Phi) is 4.23. The van der Waals surface area contributed by atoms with Gasteiger partial charge in [-0.05, 0) is 32.1 Å². The van der Waals surface area contributed by atoms with Crippen LogP contribution in [0, 0.1) is 0 Å². The van der Waals surface area contributed by atoms with Gasteiger partial charge in [0.25, 0.3) is 0 Å². The topological polar surface area (TPSA) is 51.0 Å². The van der Waals surface area contributed by atoms with Gasteiger partial charge in [0, 0.05) is 0 Å². The molecule has 16 heavy (non-hydrogen) atoms. The third-order valence-electron chi connectivity index (χ3n) is 2.79. The molecule has 1 aromatic rings. The van der Waals surface area contributed by atoms with Gasteiger partial charge in [-0.1, -0.05) is 13.3 Å². The molecule has 0 radical (unpaired) electrons. The van der Waals surface area contributed by atoms with Crippen molar-refractivity contribution < 1.29 is 4.42 Å². The molecule has 1 fully saturated rings. The van der Waals surface area contributed by atoms with E-state index in [0.717, 1.165) is 12.4 Å². The fraction of sp³-hybridized carbons (Fsp3) is 0.818. The summed E-state index contributed by atoms with van der Waals surface area (Å²) >= 11 is 1.94. The molecular weight excluding hydrogens is 222 g/mol. The molecule has 0 amide bonds. The summed E-state index contributed by atoms with van der Waals surface area (Å²) in [4.78, 5) is 0. The Balaban J connectivity index is 2.00. The van der Waals surface area contributed by atoms with Gasteiger partial charge < -0.3 is 9.73 Å². The first kappa shape index (κ1) is 11.9. The average Bonchev–Trinajstić information content (AvgIpc) is 2.80. The van der Waals surface area contributed by atoms with Crippen LogP contribution in [0.2, 0.25) is 0 Å². The number of nitrogens with zero attached hydrogens (tertiary/aromatic N) is 2. The van der Waals surface area contributed by atoms with E-state index in [-0.39, 0.29) is 6.04 Å². The fourth-order valence-electron chi connectivity index (χ4n) is 1.88. The summed E-state index contributed by atoms with van der Waals surface area (Å²) in [5, 5.41) is 12.0. The molecule has 1 aliphatic rings. The number of hydrogen-bond acceptors (Lipinski definition) is 5. The van der Waals surface area contributed by atoms with Gasteiger partial charge in [0.05, 0.1) is 11.3 Å². The normalized spacial score (nSPS) is 23.2. The zero-order valence-corrected chi connectivity index (χ0v) is 10.7. The molecule has 1 N–H and O–H groups in total. The predicted molar refractivity (Wildman–Crippen MR) is 65.4 cm³/mol. The first-order valence-corrected chi connectivity index (χ1v) is 7.04. The summed E-state index contributed by atoms with van der Waals surface area (Å²) in [7, 11) is 0. The van der Waals surface area contributed by atoms with E-state index in [2.05, 4.69) is 29.4 Å². The molecule has 2 heterocycles. The van der Waals surface area contributed by atoms with Crippen molar-refractivity contribution in [1.29, 1.82) is 0 Å². The van der Waals surface area contributed by atoms with E-state index in [4.69, 9.17) is 4.42 Å². The molecule has 1 aliphatic heterocycles. The molecule has 5 heteroatoms. The Bertz CT molecular complexity index is 323. The molecular formula is C11H19N3OS. The van der Waals surface area contributed by atoms with Gasteiger partial charge in [-0.2, -0.15) is 0 Å². The maximum atomic E-state index is 5.73. The highest BCUT2D eigenvalue weighted by atomic mass is 32.2. The predicted octanol–water partition coefficient (Wildman–Crippen LogP) is 2.70. The van der Waals surface area contributed by atoms with Gasteiger partial charge in [0.15, 0.2) is 0 Å². The van der Waals surface area contributed by atoms with Gasteiger partial charge >= 0.3 is 0 Å². The van der Waals surface area contributed by atoms with Crippen LogP contribution >= 0.6 is 11.8 Å². The lowest BCUT2D eigenvalue weighted by Crippen LogP contribution is -2.17. The molecule has 2 atom stereocenters. The van der Waals surface area contributed by atoms with Crippen molar-refractivity contribution in [3.63, 3.8) is 0 Å². The molecule has 0 saturated carbocycles. The summed E-state index contributed by atoms with van der Waals surface area (Å²) in [5.41, 5.74) is 0. The van der Waals surface area contributed by atoms with E-state index >= 15 is 0 Å². The van der Waals surface area contributed by atoms with Crippen molar-refractivity contribution in [2.75, 3.05) is 12.3 Å². The third-order valence-corrected chi connectivity index (χ3v) is 4.16. The van der Waals surface area contributed by atoms with Crippen LogP contribution in [0.15, 0.2) is 4.42 Å². The maximum Gasteiger partial charge on any atom is 0.233 e. The second-order valence-electron chi connectivity index (χ2n) is 4.11. The number of thioether (sulfide) groups is 1. The first-order chi connectivity index (χ1) is 7.81. The van der Waals surface area contributed by atoms with E-state index in [1.54, 1.807) is 0 Å². The molecule has 0 aromatic carbocycles. The van der Waals surface area contributed by atoms with Crippen molar-refractivity contribution in [1.82, 2.24) is 15.5 Å².